The highest BCUT2D eigenvalue weighted by atomic mass is 35.5. The van der Waals surface area contributed by atoms with Gasteiger partial charge in [-0.15, -0.1) is 0 Å². The number of nitrogens with zero attached hydrogens (tertiary/aromatic N) is 4. The zero-order valence-corrected chi connectivity index (χ0v) is 27.2. The van der Waals surface area contributed by atoms with Crippen LogP contribution in [0.4, 0.5) is 5.69 Å². The summed E-state index contributed by atoms with van der Waals surface area (Å²) >= 11 is 13.9. The number of methoxy groups -OCH3 is 1. The SMILES string of the molecule is CCOC(=O)[C@@H]1CCN([C@@H]2CCc3cc(-c4cccc(-c5cccc(NC(=O)c6ccnn(C)c6=O)c5Cl)c4Cl)nc(OC)c32)C1. The molecule has 1 aliphatic carbocycles. The molecule has 4 aromatic rings. The lowest BCUT2D eigenvalue weighted by atomic mass is 9.99. The normalized spacial score (nSPS) is 17.5. The number of carbonyl (C=O) groups is 2. The number of aromatic nitrogens is 3. The number of nitrogens with one attached hydrogen (secondary N) is 1. The first-order chi connectivity index (χ1) is 22.2. The standard InChI is InChI=1S/C34H33Cl2N5O5/c1-4-46-34(44)20-14-16-41(18-20)27-12-11-19-17-26(39-32(45-3)28(19)27)23-9-5-7-21(29(23)35)22-8-6-10-25(30(22)36)38-31(42)24-13-15-37-40(2)33(24)43/h5-10,13,15,17,20,27H,4,11-12,14,16,18H2,1-3H3,(H,38,42)/t20-,27-/m1/s1. The van der Waals surface area contributed by atoms with Crippen LogP contribution in [0.3, 0.4) is 0 Å². The van der Waals surface area contributed by atoms with Gasteiger partial charge in [0.25, 0.3) is 11.5 Å². The largest absolute Gasteiger partial charge is 0.481 e. The van der Waals surface area contributed by atoms with Crippen LogP contribution in [0.1, 0.15) is 47.3 Å². The second kappa shape index (κ2) is 13.2. The molecule has 2 aliphatic rings. The van der Waals surface area contributed by atoms with Crippen LogP contribution in [0.2, 0.25) is 10.0 Å². The Kier molecular flexibility index (Phi) is 9.13. The molecule has 1 aliphatic heterocycles. The van der Waals surface area contributed by atoms with E-state index >= 15 is 0 Å². The van der Waals surface area contributed by atoms with Crippen molar-refractivity contribution < 1.29 is 19.1 Å². The van der Waals surface area contributed by atoms with Crippen molar-refractivity contribution in [2.45, 2.75) is 32.2 Å². The lowest BCUT2D eigenvalue weighted by Gasteiger charge is -2.25. The predicted octanol–water partition coefficient (Wildman–Crippen LogP) is 5.95. The highest BCUT2D eigenvalue weighted by molar-refractivity contribution is 6.39. The van der Waals surface area contributed by atoms with Crippen LogP contribution in [0.25, 0.3) is 22.4 Å². The van der Waals surface area contributed by atoms with Gasteiger partial charge in [-0.05, 0) is 56.5 Å². The molecule has 0 saturated carbocycles. The number of hydrogen-bond donors (Lipinski definition) is 1. The molecule has 1 fully saturated rings. The Balaban J connectivity index is 1.30. The molecule has 0 unspecified atom stereocenters. The number of amides is 1. The molecule has 12 heteroatoms. The van der Waals surface area contributed by atoms with E-state index in [1.54, 1.807) is 19.2 Å². The summed E-state index contributed by atoms with van der Waals surface area (Å²) in [5.41, 5.74) is 4.58. The molecule has 1 amide bonds. The Labute approximate surface area is 276 Å². The number of fused-ring (bicyclic) bond motifs is 1. The first-order valence-electron chi connectivity index (χ1n) is 15.1. The summed E-state index contributed by atoms with van der Waals surface area (Å²) in [6.45, 7) is 3.68. The number of carbonyl (C=O) groups excluding carboxylic acids is 2. The van der Waals surface area contributed by atoms with E-state index < -0.39 is 11.5 Å². The van der Waals surface area contributed by atoms with Crippen molar-refractivity contribution in [2.24, 2.45) is 13.0 Å². The summed E-state index contributed by atoms with van der Waals surface area (Å²) < 4.78 is 12.2. The first kappa shape index (κ1) is 31.7. The highest BCUT2D eigenvalue weighted by Gasteiger charge is 2.38. The van der Waals surface area contributed by atoms with E-state index in [-0.39, 0.29) is 28.5 Å². The van der Waals surface area contributed by atoms with Gasteiger partial charge in [0.15, 0.2) is 0 Å². The Bertz CT molecular complexity index is 1890. The Hall–Kier alpha value is -4.25. The van der Waals surface area contributed by atoms with E-state index in [1.807, 2.05) is 31.2 Å². The lowest BCUT2D eigenvalue weighted by molar-refractivity contribution is -0.147. The second-order valence-electron chi connectivity index (χ2n) is 11.3. The average molecular weight is 663 g/mol. The zero-order chi connectivity index (χ0) is 32.5. The van der Waals surface area contributed by atoms with Gasteiger partial charge < -0.3 is 14.8 Å². The molecule has 238 valence electrons. The minimum atomic E-state index is -0.597. The quantitative estimate of drug-likeness (QED) is 0.230. The maximum absolute atomic E-state index is 12.9. The number of hydrogen-bond acceptors (Lipinski definition) is 8. The summed E-state index contributed by atoms with van der Waals surface area (Å²) in [7, 11) is 3.09. The Morgan fingerprint density at radius 1 is 1.04 bits per heavy atom. The molecule has 0 bridgehead atoms. The maximum Gasteiger partial charge on any atom is 0.310 e. The van der Waals surface area contributed by atoms with Gasteiger partial charge in [0, 0.05) is 48.1 Å². The average Bonchev–Trinajstić information content (AvgIpc) is 3.71. The van der Waals surface area contributed by atoms with Crippen molar-refractivity contribution in [1.29, 1.82) is 0 Å². The van der Waals surface area contributed by atoms with Crippen LogP contribution in [-0.2, 0) is 23.0 Å². The Morgan fingerprint density at radius 2 is 1.78 bits per heavy atom. The second-order valence-corrected chi connectivity index (χ2v) is 12.1. The fourth-order valence-corrected chi connectivity index (χ4v) is 7.01. The lowest BCUT2D eigenvalue weighted by Crippen LogP contribution is -2.28. The summed E-state index contributed by atoms with van der Waals surface area (Å²) in [5.74, 6) is -0.308. The summed E-state index contributed by atoms with van der Waals surface area (Å²) in [6.07, 6.45) is 3.91. The third-order valence-corrected chi connectivity index (χ3v) is 9.48. The molecule has 1 N–H and O–H groups in total. The maximum atomic E-state index is 12.9. The minimum Gasteiger partial charge on any atom is -0.481 e. The van der Waals surface area contributed by atoms with Gasteiger partial charge in [-0.25, -0.2) is 9.67 Å². The van der Waals surface area contributed by atoms with Crippen LogP contribution in [0.15, 0.2) is 59.5 Å². The number of aryl methyl sites for hydroxylation is 2. The smallest absolute Gasteiger partial charge is 0.310 e. The molecule has 2 aromatic carbocycles. The van der Waals surface area contributed by atoms with Crippen molar-refractivity contribution in [3.8, 4) is 28.3 Å². The molecule has 0 spiro atoms. The van der Waals surface area contributed by atoms with Crippen molar-refractivity contribution in [3.63, 3.8) is 0 Å². The number of rotatable bonds is 8. The third kappa shape index (κ3) is 5.88. The molecule has 2 atom stereocenters. The van der Waals surface area contributed by atoms with Crippen molar-refractivity contribution >= 4 is 40.8 Å². The van der Waals surface area contributed by atoms with Crippen LogP contribution in [0, 0.1) is 5.92 Å². The fraction of sp³-hybridized carbons (Fsp3) is 0.324. The van der Waals surface area contributed by atoms with Gasteiger partial charge >= 0.3 is 5.97 Å². The topological polar surface area (TPSA) is 116 Å². The number of halogens is 2. The van der Waals surface area contributed by atoms with E-state index in [0.717, 1.165) is 41.6 Å². The van der Waals surface area contributed by atoms with Crippen molar-refractivity contribution in [1.82, 2.24) is 19.7 Å². The molecule has 10 nitrogen and oxygen atoms in total. The summed E-state index contributed by atoms with van der Waals surface area (Å²) in [4.78, 5) is 45.0. The minimum absolute atomic E-state index is 0.0542. The molecule has 46 heavy (non-hydrogen) atoms. The molecule has 0 radical (unpaired) electrons. The van der Waals surface area contributed by atoms with Crippen molar-refractivity contribution in [2.75, 3.05) is 32.1 Å². The third-order valence-electron chi connectivity index (χ3n) is 8.67. The van der Waals surface area contributed by atoms with Gasteiger partial charge in [0.05, 0.1) is 41.1 Å². The van der Waals surface area contributed by atoms with Crippen LogP contribution >= 0.6 is 23.2 Å². The highest BCUT2D eigenvalue weighted by Crippen LogP contribution is 2.46. The fourth-order valence-electron chi connectivity index (χ4n) is 6.41. The molecular formula is C34H33Cl2N5O5. The van der Waals surface area contributed by atoms with Crippen LogP contribution in [0.5, 0.6) is 5.88 Å². The monoisotopic (exact) mass is 661 g/mol. The van der Waals surface area contributed by atoms with E-state index in [2.05, 4.69) is 21.4 Å². The number of pyridine rings is 1. The summed E-state index contributed by atoms with van der Waals surface area (Å²) in [5, 5.41) is 7.32. The van der Waals surface area contributed by atoms with Gasteiger partial charge in [-0.3, -0.25) is 19.3 Å². The number of esters is 1. The van der Waals surface area contributed by atoms with Gasteiger partial charge in [0.2, 0.25) is 5.88 Å². The van der Waals surface area contributed by atoms with E-state index in [1.165, 1.54) is 19.3 Å². The molecule has 1 saturated heterocycles. The number of benzene rings is 2. The van der Waals surface area contributed by atoms with E-state index in [0.29, 0.717) is 52.1 Å². The predicted molar refractivity (Wildman–Crippen MR) is 176 cm³/mol. The van der Waals surface area contributed by atoms with Gasteiger partial charge in [-0.2, -0.15) is 5.10 Å². The number of anilines is 1. The van der Waals surface area contributed by atoms with Crippen LogP contribution in [-0.4, -0.2) is 58.3 Å². The van der Waals surface area contributed by atoms with E-state index in [9.17, 15) is 14.4 Å². The van der Waals surface area contributed by atoms with Crippen LogP contribution < -0.4 is 15.6 Å². The molecular weight excluding hydrogens is 629 g/mol. The number of ether oxygens (including phenoxy) is 2. The van der Waals surface area contributed by atoms with E-state index in [4.69, 9.17) is 37.7 Å². The number of likely N-dealkylation sites (tertiary alicyclic amines) is 1. The van der Waals surface area contributed by atoms with Crippen molar-refractivity contribution in [3.05, 3.63) is 91.8 Å². The molecule has 3 heterocycles. The first-order valence-corrected chi connectivity index (χ1v) is 15.9. The molecule has 6 rings (SSSR count). The zero-order valence-electron chi connectivity index (χ0n) is 25.7. The summed E-state index contributed by atoms with van der Waals surface area (Å²) in [6, 6.07) is 14.4. The van der Waals surface area contributed by atoms with Gasteiger partial charge in [0.1, 0.15) is 5.56 Å². The molecule has 2 aromatic heterocycles. The Morgan fingerprint density at radius 3 is 2.54 bits per heavy atom. The van der Waals surface area contributed by atoms with Gasteiger partial charge in [-0.1, -0.05) is 53.5 Å².